The molecule has 0 saturated heterocycles. The van der Waals surface area contributed by atoms with Crippen LogP contribution < -0.4 is 0 Å². The van der Waals surface area contributed by atoms with Crippen LogP contribution >= 0.6 is 207 Å². The van der Waals surface area contributed by atoms with Gasteiger partial charge in [-0.1, -0.05) is 0 Å². The Morgan fingerprint density at radius 1 is 0.215 bits per heavy atom. The molecule has 0 radical (unpaired) electrons. The number of aliphatic hydroxyl groups excluding tert-OH is 3. The van der Waals surface area contributed by atoms with Crippen LogP contribution in [-0.4, -0.2) is 406 Å². The Morgan fingerprint density at radius 3 is 0.733 bits per heavy atom. The molecule has 0 aliphatic carbocycles. The molecule has 0 bridgehead atoms. The lowest BCUT2D eigenvalue weighted by atomic mass is 10.6. The Morgan fingerprint density at radius 2 is 0.444 bits per heavy atom. The van der Waals surface area contributed by atoms with Crippen LogP contribution in [0.1, 0.15) is 88.5 Å². The van der Waals surface area contributed by atoms with Gasteiger partial charge in [-0.25, -0.2) is 0 Å². The SMILES string of the molecule is C=O.CCO[Si](C)(S)O[Si](S)(OCC)O[Si](S)(OCC)O[Si](S)(OCC)OCC.CCO[Si](CCCS)(OCC)OCC.CCO[Si](S)(OC)O[Si](S)(OC)O[Si](S)(OCC)O[Si](S)(CO)OC.CO[Si](C)(CCCS)OC.CO[Si](CCCS)(OC)OC.CO[Si](S)(CO)O[Si](C)(OC)O[Si](C)(OC)O[Si](S)(OC)OC.CO[Si](S)(CO)O[Si](S)(OC)O[Si](S)(OC)O[Si](S)(OC)OC. The minimum absolute atomic E-state index is 0.213. The van der Waals surface area contributed by atoms with E-state index >= 15 is 0 Å². The summed E-state index contributed by atoms with van der Waals surface area (Å²) in [6.07, 6.45) is 1.74. The zero-order chi connectivity index (χ0) is 107. The summed E-state index contributed by atoms with van der Waals surface area (Å²) in [7, 11) is -34.6. The lowest BCUT2D eigenvalue weighted by Gasteiger charge is -2.38. The van der Waals surface area contributed by atoms with E-state index in [9.17, 15) is 15.3 Å². The van der Waals surface area contributed by atoms with E-state index in [-0.39, 0.29) is 19.4 Å². The highest BCUT2D eigenvalue weighted by Gasteiger charge is 2.63. The fourth-order valence-electron chi connectivity index (χ4n) is 8.45. The van der Waals surface area contributed by atoms with Crippen molar-refractivity contribution < 1.29 is 193 Å². The number of carbonyl (C=O) groups is 1. The van der Waals surface area contributed by atoms with Crippen LogP contribution in [0.25, 0.3) is 0 Å². The number of aliphatic hydroxyl groups is 3. The molecule has 0 aromatic heterocycles. The number of hydrogen-bond acceptors (Lipinski definition) is 61. The maximum Gasteiger partial charge on any atom is 0.563 e. The second-order valence-corrected chi connectivity index (χ2v) is 98.5. The summed E-state index contributed by atoms with van der Waals surface area (Å²) in [5.74, 6) is 2.60. The summed E-state index contributed by atoms with van der Waals surface area (Å²) < 4.78 is 219. The number of carbonyl (C=O) groups excluding carboxylic acids is 1. The monoisotopic (exact) mass is 2600 g/mol. The highest BCUT2D eigenvalue weighted by molar-refractivity contribution is 8.19. The molecule has 13 atom stereocenters. The maximum absolute atomic E-state index is 9.46. The van der Waals surface area contributed by atoms with Gasteiger partial charge in [0.15, 0.2) is 0 Å². The van der Waals surface area contributed by atoms with Crippen LogP contribution in [0.5, 0.6) is 0 Å². The van der Waals surface area contributed by atoms with Gasteiger partial charge in [-0.3, -0.25) is 0 Å². The number of hydrogen-bond donors (Lipinski definition) is 20. The number of rotatable bonds is 74. The van der Waals surface area contributed by atoms with Crippen molar-refractivity contribution in [2.75, 3.05) is 230 Å². The normalized spacial score (nSPS) is 18.1. The van der Waals surface area contributed by atoms with Crippen molar-refractivity contribution in [2.24, 2.45) is 0 Å². The molecule has 0 rings (SSSR count). The summed E-state index contributed by atoms with van der Waals surface area (Å²) in [5.41, 5.74) is 0. The first-order valence-electron chi connectivity index (χ1n) is 40.4. The van der Waals surface area contributed by atoms with Gasteiger partial charge in [0.25, 0.3) is 0 Å². The lowest BCUT2D eigenvalue weighted by molar-refractivity contribution is -0.0980. The summed E-state index contributed by atoms with van der Waals surface area (Å²) in [6.45, 7) is 31.7. The van der Waals surface area contributed by atoms with Crippen molar-refractivity contribution in [3.8, 4) is 0 Å². The molecule has 80 heteroatoms. The Balaban J connectivity index is -0.000000237. The predicted molar refractivity (Wildman–Crippen MR) is 612 cm³/mol. The molecule has 13 unspecified atom stereocenters. The first-order valence-corrected chi connectivity index (χ1v) is 96.8. The van der Waals surface area contributed by atoms with Crippen LogP contribution in [0.15, 0.2) is 0 Å². The van der Waals surface area contributed by atoms with Gasteiger partial charge in [-0.05, 0) is 125 Å². The van der Waals surface area contributed by atoms with Gasteiger partial charge < -0.3 is 193 Å². The van der Waals surface area contributed by atoms with Gasteiger partial charge in [0.2, 0.25) is 0 Å². The Hall–Kier alpha value is 8.02. The average Bonchev–Trinajstić information content (AvgIpc) is 0.815. The van der Waals surface area contributed by atoms with E-state index in [1.165, 1.54) is 92.4 Å². The molecule has 0 saturated carbocycles. The van der Waals surface area contributed by atoms with E-state index in [0.717, 1.165) is 54.7 Å². The lowest BCUT2D eigenvalue weighted by Crippen LogP contribution is -2.62. The van der Waals surface area contributed by atoms with Gasteiger partial charge in [0.05, 0.1) is 18.7 Å². The van der Waals surface area contributed by atoms with Crippen molar-refractivity contribution in [3.63, 3.8) is 0 Å². The Bertz CT molecular complexity index is 2680. The smallest absolute Gasteiger partial charge is 0.398 e. The van der Waals surface area contributed by atoms with Gasteiger partial charge in [-0.2, -0.15) is 37.9 Å². The standard InChI is InChI=1S/C11H32O8S4Si4.C9H22O3SSi.C8H26O9S4Si4.C8H26O9S2Si4.C6H22O9S4Si4.C6H16O3SSi.C6H16O2SSi.CH2O/c1-7-12-24(6,20)17-26(22,15-10-4)19-27(23,16-11-5)18-25(21,13-8-2)14-9-3;1-4-10-14(11-5-2,12-6-3)9-7-8-13;1-6-13-23(19,11-4)16-24(20,12-5)17-25(21,14-7-2)15-22(18,8-9)10-3;1-10-20(6,16-22(18,8-9)12-3)15-21(7,11-2)17-23(19,13-4)14-5;1-8-20(16,6-7)13-22(18,11-4)15-23(19,12-5)14-21(17,9-2)10-3;1-7-11(8-2,9-3)6-4-5-10;1-7-10(3,8-2)6-4-5-9;1-2/h20-23H,7-11H2,1-6H3;13H,4-9H2,1-3H3;9,18-21H,6-8H2,1-5H3;9,18-19H,8H2,1-7H3;7,16-19H,6H2,1-5H3;10H,4-6H2,1-3H3;9H,4-6H2,1-3H3;1H2. The van der Waals surface area contributed by atoms with E-state index in [1.54, 1.807) is 82.9 Å². The van der Waals surface area contributed by atoms with Gasteiger partial charge in [0.1, 0.15) is 6.79 Å². The van der Waals surface area contributed by atoms with Gasteiger partial charge in [-0.15, -0.1) is 169 Å². The minimum Gasteiger partial charge on any atom is -0.398 e. The molecule has 0 aromatic carbocycles. The van der Waals surface area contributed by atoms with Gasteiger partial charge in [0, 0.05) is 219 Å². The summed E-state index contributed by atoms with van der Waals surface area (Å²) in [4.78, 5) is 8.00. The number of thiol groups is 17. The van der Waals surface area contributed by atoms with Crippen LogP contribution in [0.4, 0.5) is 0 Å². The summed E-state index contributed by atoms with van der Waals surface area (Å²) >= 11 is 73.2. The highest BCUT2D eigenvalue weighted by Crippen LogP contribution is 2.37. The maximum atomic E-state index is 9.46. The molecule has 0 heterocycles. The molecule has 0 fully saturated rings. The van der Waals surface area contributed by atoms with E-state index in [0.29, 0.717) is 52.9 Å². The van der Waals surface area contributed by atoms with Crippen molar-refractivity contribution in [3.05, 3.63) is 0 Å². The Labute approximate surface area is 914 Å². The first kappa shape index (κ1) is 158. The van der Waals surface area contributed by atoms with Crippen LogP contribution in [0.3, 0.4) is 0 Å². The second-order valence-electron chi connectivity index (χ2n) is 24.7. The topological polar surface area (TPSA) is 447 Å². The van der Waals surface area contributed by atoms with Crippen LogP contribution in [-0.2, 0) is 178 Å². The molecule has 135 heavy (non-hydrogen) atoms. The highest BCUT2D eigenvalue weighted by atomic mass is 32.3. The van der Waals surface area contributed by atoms with Gasteiger partial charge >= 0.3 is 154 Å². The first-order chi connectivity index (χ1) is 62.5. The van der Waals surface area contributed by atoms with Crippen LogP contribution in [0, 0.1) is 0 Å². The zero-order valence-electron chi connectivity index (χ0n) is 83.4. The predicted octanol–water partition coefficient (Wildman–Crippen LogP) is 8.32. The molecule has 0 spiro atoms. The molecule has 0 aromatic rings. The fourth-order valence-corrected chi connectivity index (χ4v) is 84.5. The van der Waals surface area contributed by atoms with Crippen molar-refractivity contribution in [1.29, 1.82) is 0 Å². The second kappa shape index (κ2) is 83.4. The van der Waals surface area contributed by atoms with E-state index in [1.807, 2.05) is 48.3 Å². The largest absolute Gasteiger partial charge is 0.563 e. The van der Waals surface area contributed by atoms with E-state index < -0.39 is 167 Å². The third kappa shape index (κ3) is 71.0. The third-order valence-electron chi connectivity index (χ3n) is 15.2. The molecule has 3 N–H and O–H groups in total. The fraction of sp³-hybridized carbons (Fsp3) is 0.982. The quantitative estimate of drug-likeness (QED) is 0.0201. The minimum atomic E-state index is -3.71. The third-order valence-corrected chi connectivity index (χ3v) is 92.8. The van der Waals surface area contributed by atoms with Crippen molar-refractivity contribution in [2.45, 2.75) is 133 Å². The molecule has 0 amide bonds. The molecule has 44 nitrogen and oxygen atoms in total. The molecular formula is C55H162O44S17Si19. The molecular weight excluding hydrogens is 2440 g/mol. The average molecular weight is 2610 g/mol. The Kier molecular flexibility index (Phi) is 97.8. The summed E-state index contributed by atoms with van der Waals surface area (Å²) in [6, 6.07) is 2.73. The van der Waals surface area contributed by atoms with Crippen LogP contribution in [0.2, 0.25) is 44.3 Å². The van der Waals surface area contributed by atoms with E-state index in [4.69, 9.17) is 178 Å². The zero-order valence-corrected chi connectivity index (χ0v) is 118. The molecule has 0 aliphatic heterocycles. The van der Waals surface area contributed by atoms with Crippen molar-refractivity contribution in [1.82, 2.24) is 0 Å². The molecule has 824 valence electrons. The van der Waals surface area contributed by atoms with E-state index in [2.05, 4.69) is 214 Å². The summed E-state index contributed by atoms with van der Waals surface area (Å²) in [5, 5.41) is 28.2. The van der Waals surface area contributed by atoms with Crippen molar-refractivity contribution >= 4 is 368 Å². The molecule has 0 aliphatic rings.